The number of nitrogens with one attached hydrogen (secondary N) is 2. The Labute approximate surface area is 97.0 Å². The highest BCUT2D eigenvalue weighted by atomic mass is 19.1. The van der Waals surface area contributed by atoms with Gasteiger partial charge >= 0.3 is 0 Å². The lowest BCUT2D eigenvalue weighted by atomic mass is 10.0. The molecule has 0 amide bonds. The minimum Gasteiger partial charge on any atom is -0.305 e. The molecule has 1 heterocycles. The number of aromatic nitrogens is 3. The van der Waals surface area contributed by atoms with Crippen molar-refractivity contribution >= 4 is 0 Å². The van der Waals surface area contributed by atoms with Crippen molar-refractivity contribution in [3.05, 3.63) is 47.3 Å². The second kappa shape index (κ2) is 5.01. The predicted molar refractivity (Wildman–Crippen MR) is 58.3 cm³/mol. The van der Waals surface area contributed by atoms with E-state index in [0.29, 0.717) is 17.8 Å². The summed E-state index contributed by atoms with van der Waals surface area (Å²) in [6, 6.07) is 3.06. The third-order valence-corrected chi connectivity index (χ3v) is 2.41. The van der Waals surface area contributed by atoms with Gasteiger partial charge in [-0.25, -0.2) is 8.78 Å². The fourth-order valence-corrected chi connectivity index (χ4v) is 1.66. The zero-order chi connectivity index (χ0) is 12.3. The van der Waals surface area contributed by atoms with Gasteiger partial charge in [0.2, 0.25) is 0 Å². The summed E-state index contributed by atoms with van der Waals surface area (Å²) in [4.78, 5) is 0. The van der Waals surface area contributed by atoms with Crippen LogP contribution in [-0.4, -0.2) is 22.0 Å². The van der Waals surface area contributed by atoms with E-state index in [-0.39, 0.29) is 0 Å². The minimum atomic E-state index is -0.598. The smallest absolute Gasteiger partial charge is 0.131 e. The molecule has 0 saturated carbocycles. The topological polar surface area (TPSA) is 53.6 Å². The van der Waals surface area contributed by atoms with E-state index in [9.17, 15) is 8.78 Å². The van der Waals surface area contributed by atoms with E-state index in [4.69, 9.17) is 0 Å². The standard InChI is InChI=1S/C11H12F2N4/c1-2-14-11(10-6-15-17-16-10)8-4-3-7(12)5-9(8)13/h3-6,11,14H,2H2,1H3,(H,15,16,17). The van der Waals surface area contributed by atoms with Crippen LogP contribution < -0.4 is 5.32 Å². The summed E-state index contributed by atoms with van der Waals surface area (Å²) in [6.07, 6.45) is 1.51. The molecule has 0 aliphatic rings. The van der Waals surface area contributed by atoms with Gasteiger partial charge in [0.25, 0.3) is 0 Å². The number of benzene rings is 1. The van der Waals surface area contributed by atoms with E-state index in [1.165, 1.54) is 18.3 Å². The molecule has 0 radical (unpaired) electrons. The summed E-state index contributed by atoms with van der Waals surface area (Å²) in [5.41, 5.74) is 0.916. The number of aromatic amines is 1. The summed E-state index contributed by atoms with van der Waals surface area (Å²) >= 11 is 0. The number of rotatable bonds is 4. The van der Waals surface area contributed by atoms with Crippen molar-refractivity contribution in [1.29, 1.82) is 0 Å². The molecule has 1 aromatic carbocycles. The summed E-state index contributed by atoms with van der Waals surface area (Å²) in [5.74, 6) is -1.19. The lowest BCUT2D eigenvalue weighted by Crippen LogP contribution is -2.23. The van der Waals surface area contributed by atoms with Crippen molar-refractivity contribution in [2.24, 2.45) is 0 Å². The molecule has 0 bridgehead atoms. The number of nitrogens with zero attached hydrogens (tertiary/aromatic N) is 2. The molecule has 1 atom stereocenters. The van der Waals surface area contributed by atoms with Crippen LogP contribution in [0.1, 0.15) is 24.2 Å². The first kappa shape index (κ1) is 11.7. The third kappa shape index (κ3) is 2.47. The van der Waals surface area contributed by atoms with E-state index in [1.807, 2.05) is 6.92 Å². The van der Waals surface area contributed by atoms with Crippen molar-refractivity contribution in [2.75, 3.05) is 6.54 Å². The lowest BCUT2D eigenvalue weighted by molar-refractivity contribution is 0.535. The van der Waals surface area contributed by atoms with Crippen molar-refractivity contribution in [2.45, 2.75) is 13.0 Å². The number of halogens is 2. The zero-order valence-corrected chi connectivity index (χ0v) is 9.24. The maximum atomic E-state index is 13.7. The number of hydrogen-bond acceptors (Lipinski definition) is 3. The van der Waals surface area contributed by atoms with Gasteiger partial charge in [-0.15, -0.1) is 0 Å². The summed E-state index contributed by atoms with van der Waals surface area (Å²) in [5, 5.41) is 13.2. The summed E-state index contributed by atoms with van der Waals surface area (Å²) in [6.45, 7) is 2.53. The fourth-order valence-electron chi connectivity index (χ4n) is 1.66. The molecule has 2 rings (SSSR count). The van der Waals surface area contributed by atoms with Gasteiger partial charge in [0, 0.05) is 11.6 Å². The van der Waals surface area contributed by atoms with Crippen LogP contribution in [0.25, 0.3) is 0 Å². The lowest BCUT2D eigenvalue weighted by Gasteiger charge is -2.16. The highest BCUT2D eigenvalue weighted by Crippen LogP contribution is 2.22. The normalized spacial score (nSPS) is 12.6. The molecule has 0 spiro atoms. The van der Waals surface area contributed by atoms with Gasteiger partial charge in [0.05, 0.1) is 12.2 Å². The van der Waals surface area contributed by atoms with Crippen LogP contribution in [0.4, 0.5) is 8.78 Å². The summed E-state index contributed by atoms with van der Waals surface area (Å²) in [7, 11) is 0. The third-order valence-electron chi connectivity index (χ3n) is 2.41. The van der Waals surface area contributed by atoms with Gasteiger partial charge in [-0.3, -0.25) is 0 Å². The van der Waals surface area contributed by atoms with E-state index < -0.39 is 17.7 Å². The molecule has 17 heavy (non-hydrogen) atoms. The van der Waals surface area contributed by atoms with E-state index in [0.717, 1.165) is 6.07 Å². The van der Waals surface area contributed by atoms with E-state index >= 15 is 0 Å². The Balaban J connectivity index is 2.39. The van der Waals surface area contributed by atoms with Crippen LogP contribution in [0, 0.1) is 11.6 Å². The quantitative estimate of drug-likeness (QED) is 0.853. The van der Waals surface area contributed by atoms with Gasteiger partial charge in [-0.05, 0) is 12.6 Å². The number of H-pyrrole nitrogens is 1. The monoisotopic (exact) mass is 238 g/mol. The zero-order valence-electron chi connectivity index (χ0n) is 9.24. The molecule has 0 aliphatic carbocycles. The van der Waals surface area contributed by atoms with Crippen molar-refractivity contribution < 1.29 is 8.78 Å². The van der Waals surface area contributed by atoms with E-state index in [2.05, 4.69) is 20.7 Å². The maximum absolute atomic E-state index is 13.7. The molecule has 2 N–H and O–H groups in total. The molecule has 0 fully saturated rings. The van der Waals surface area contributed by atoms with Crippen LogP contribution in [0.3, 0.4) is 0 Å². The highest BCUT2D eigenvalue weighted by Gasteiger charge is 2.19. The van der Waals surface area contributed by atoms with Crippen LogP contribution in [0.15, 0.2) is 24.4 Å². The number of hydrogen-bond donors (Lipinski definition) is 2. The second-order valence-corrected chi connectivity index (χ2v) is 3.55. The Morgan fingerprint density at radius 3 is 2.82 bits per heavy atom. The highest BCUT2D eigenvalue weighted by molar-refractivity contribution is 5.28. The first-order chi connectivity index (χ1) is 8.22. The Kier molecular flexibility index (Phi) is 3.43. The molecular weight excluding hydrogens is 226 g/mol. The van der Waals surface area contributed by atoms with Gasteiger partial charge in [0.1, 0.15) is 17.3 Å². The molecule has 0 aliphatic heterocycles. The fraction of sp³-hybridized carbons (Fsp3) is 0.273. The van der Waals surface area contributed by atoms with Gasteiger partial charge in [-0.1, -0.05) is 13.0 Å². The van der Waals surface area contributed by atoms with E-state index in [1.54, 1.807) is 0 Å². The first-order valence-corrected chi connectivity index (χ1v) is 5.26. The minimum absolute atomic E-state index is 0.349. The van der Waals surface area contributed by atoms with Crippen LogP contribution >= 0.6 is 0 Å². The molecule has 1 unspecified atom stereocenters. The van der Waals surface area contributed by atoms with Gasteiger partial charge in [-0.2, -0.15) is 15.4 Å². The molecule has 4 nitrogen and oxygen atoms in total. The molecule has 0 saturated heterocycles. The van der Waals surface area contributed by atoms with Crippen LogP contribution in [0.2, 0.25) is 0 Å². The average molecular weight is 238 g/mol. The SMILES string of the molecule is CCNC(c1cn[nH]n1)c1ccc(F)cc1F. The summed E-state index contributed by atoms with van der Waals surface area (Å²) < 4.78 is 26.5. The largest absolute Gasteiger partial charge is 0.305 e. The molecule has 2 aromatic rings. The van der Waals surface area contributed by atoms with Crippen molar-refractivity contribution in [3.8, 4) is 0 Å². The molecular formula is C11H12F2N4. The van der Waals surface area contributed by atoms with Gasteiger partial charge in [0.15, 0.2) is 0 Å². The van der Waals surface area contributed by atoms with Crippen LogP contribution in [-0.2, 0) is 0 Å². The molecule has 6 heteroatoms. The van der Waals surface area contributed by atoms with Gasteiger partial charge < -0.3 is 5.32 Å². The second-order valence-electron chi connectivity index (χ2n) is 3.55. The molecule has 1 aromatic heterocycles. The van der Waals surface area contributed by atoms with Crippen LogP contribution in [0.5, 0.6) is 0 Å². The van der Waals surface area contributed by atoms with Crippen molar-refractivity contribution in [3.63, 3.8) is 0 Å². The average Bonchev–Trinajstić information content (AvgIpc) is 2.80. The Hall–Kier alpha value is -1.82. The Morgan fingerprint density at radius 2 is 2.24 bits per heavy atom. The predicted octanol–water partition coefficient (Wildman–Crippen LogP) is 1.78. The Bertz CT molecular complexity index is 484. The maximum Gasteiger partial charge on any atom is 0.131 e. The van der Waals surface area contributed by atoms with Crippen molar-refractivity contribution in [1.82, 2.24) is 20.7 Å². The first-order valence-electron chi connectivity index (χ1n) is 5.26. The Morgan fingerprint density at radius 1 is 1.41 bits per heavy atom. The molecule has 90 valence electrons.